The van der Waals surface area contributed by atoms with Crippen LogP contribution in [0.15, 0.2) is 11.6 Å². The highest BCUT2D eigenvalue weighted by Crippen LogP contribution is 2.22. The zero-order chi connectivity index (χ0) is 9.36. The molecule has 0 aromatic carbocycles. The van der Waals surface area contributed by atoms with E-state index in [0.717, 1.165) is 13.2 Å². The molecule has 0 aromatic heterocycles. The number of hydrogen-bond acceptors (Lipinski definition) is 1. The Morgan fingerprint density at radius 1 is 1.31 bits per heavy atom. The smallest absolute Gasteiger partial charge is 0.0465 e. The molecule has 1 heteroatoms. The van der Waals surface area contributed by atoms with Gasteiger partial charge in [-0.2, -0.15) is 0 Å². The van der Waals surface area contributed by atoms with E-state index in [1.165, 1.54) is 44.9 Å². The average Bonchev–Trinajstić information content (AvgIpc) is 2.63. The lowest BCUT2D eigenvalue weighted by Gasteiger charge is -2.02. The van der Waals surface area contributed by atoms with Crippen molar-refractivity contribution in [3.05, 3.63) is 11.6 Å². The normalized spacial score (nSPS) is 16.2. The fraction of sp³-hybridized carbons (Fsp3) is 0.833. The average molecular weight is 182 g/mol. The Hall–Kier alpha value is -0.300. The third-order valence-electron chi connectivity index (χ3n) is 2.63. The molecule has 0 fully saturated rings. The van der Waals surface area contributed by atoms with Gasteiger partial charge in [-0.05, 0) is 45.4 Å². The molecule has 1 aliphatic carbocycles. The van der Waals surface area contributed by atoms with E-state index >= 15 is 0 Å². The lowest BCUT2D eigenvalue weighted by atomic mass is 10.1. The van der Waals surface area contributed by atoms with Gasteiger partial charge in [0.2, 0.25) is 0 Å². The summed E-state index contributed by atoms with van der Waals surface area (Å²) in [7, 11) is 0. The number of ether oxygens (including phenoxy) is 1. The Morgan fingerprint density at radius 3 is 2.92 bits per heavy atom. The van der Waals surface area contributed by atoms with Crippen LogP contribution in [0.1, 0.15) is 51.9 Å². The Morgan fingerprint density at radius 2 is 2.23 bits per heavy atom. The molecule has 0 aromatic rings. The molecular weight excluding hydrogens is 160 g/mol. The van der Waals surface area contributed by atoms with Gasteiger partial charge in [-0.1, -0.05) is 18.1 Å². The van der Waals surface area contributed by atoms with E-state index in [9.17, 15) is 0 Å². The van der Waals surface area contributed by atoms with Crippen LogP contribution in [0.5, 0.6) is 0 Å². The molecule has 0 spiro atoms. The van der Waals surface area contributed by atoms with Crippen LogP contribution >= 0.6 is 0 Å². The molecule has 0 aliphatic heterocycles. The predicted molar refractivity (Wildman–Crippen MR) is 56.9 cm³/mol. The maximum absolute atomic E-state index is 5.29. The van der Waals surface area contributed by atoms with Gasteiger partial charge in [-0.15, -0.1) is 0 Å². The molecule has 1 aliphatic rings. The second-order valence-corrected chi connectivity index (χ2v) is 3.76. The van der Waals surface area contributed by atoms with Gasteiger partial charge in [0.05, 0.1) is 0 Å². The molecule has 1 nitrogen and oxygen atoms in total. The number of rotatable bonds is 7. The molecule has 0 bridgehead atoms. The van der Waals surface area contributed by atoms with Gasteiger partial charge in [0.15, 0.2) is 0 Å². The summed E-state index contributed by atoms with van der Waals surface area (Å²) in [4.78, 5) is 0. The van der Waals surface area contributed by atoms with Crippen LogP contribution in [0, 0.1) is 0 Å². The monoisotopic (exact) mass is 182 g/mol. The van der Waals surface area contributed by atoms with Crippen molar-refractivity contribution in [2.45, 2.75) is 51.9 Å². The van der Waals surface area contributed by atoms with Gasteiger partial charge >= 0.3 is 0 Å². The van der Waals surface area contributed by atoms with Crippen LogP contribution in [0.4, 0.5) is 0 Å². The summed E-state index contributed by atoms with van der Waals surface area (Å²) in [5, 5.41) is 0. The molecule has 76 valence electrons. The van der Waals surface area contributed by atoms with E-state index in [2.05, 4.69) is 13.0 Å². The zero-order valence-corrected chi connectivity index (χ0v) is 8.85. The van der Waals surface area contributed by atoms with E-state index in [1.807, 2.05) is 0 Å². The molecule has 0 amide bonds. The first-order chi connectivity index (χ1) is 6.43. The minimum Gasteiger partial charge on any atom is -0.382 e. The van der Waals surface area contributed by atoms with E-state index in [-0.39, 0.29) is 0 Å². The molecule has 0 heterocycles. The van der Waals surface area contributed by atoms with Crippen LogP contribution < -0.4 is 0 Å². The van der Waals surface area contributed by atoms with Crippen molar-refractivity contribution < 1.29 is 4.74 Å². The van der Waals surface area contributed by atoms with Crippen molar-refractivity contribution in [3.63, 3.8) is 0 Å². The minimum atomic E-state index is 0.866. The Kier molecular flexibility index (Phi) is 5.92. The minimum absolute atomic E-state index is 0.866. The highest BCUT2D eigenvalue weighted by atomic mass is 16.5. The second kappa shape index (κ2) is 7.14. The molecule has 0 unspecified atom stereocenters. The molecule has 1 rings (SSSR count). The lowest BCUT2D eigenvalue weighted by Crippen LogP contribution is -1.93. The van der Waals surface area contributed by atoms with Gasteiger partial charge in [0, 0.05) is 13.2 Å². The molecule has 0 radical (unpaired) electrons. The van der Waals surface area contributed by atoms with Gasteiger partial charge in [-0.3, -0.25) is 0 Å². The summed E-state index contributed by atoms with van der Waals surface area (Å²) in [5.74, 6) is 0. The summed E-state index contributed by atoms with van der Waals surface area (Å²) in [6, 6.07) is 0. The van der Waals surface area contributed by atoms with Crippen LogP contribution in [-0.4, -0.2) is 13.2 Å². The first-order valence-corrected chi connectivity index (χ1v) is 5.69. The van der Waals surface area contributed by atoms with Crippen molar-refractivity contribution in [2.24, 2.45) is 0 Å². The summed E-state index contributed by atoms with van der Waals surface area (Å²) in [5.41, 5.74) is 1.71. The number of unbranched alkanes of at least 4 members (excludes halogenated alkanes) is 2. The van der Waals surface area contributed by atoms with Crippen LogP contribution in [0.2, 0.25) is 0 Å². The van der Waals surface area contributed by atoms with Crippen molar-refractivity contribution in [2.75, 3.05) is 13.2 Å². The molecule has 0 N–H and O–H groups in total. The van der Waals surface area contributed by atoms with E-state index < -0.39 is 0 Å². The molecule has 13 heavy (non-hydrogen) atoms. The Balaban J connectivity index is 1.83. The Bertz CT molecular complexity index is 149. The fourth-order valence-corrected chi connectivity index (χ4v) is 1.84. The van der Waals surface area contributed by atoms with Crippen LogP contribution in [0.3, 0.4) is 0 Å². The number of hydrogen-bond donors (Lipinski definition) is 0. The molecule has 0 saturated carbocycles. The summed E-state index contributed by atoms with van der Waals surface area (Å²) < 4.78 is 5.29. The van der Waals surface area contributed by atoms with E-state index in [1.54, 1.807) is 5.57 Å². The first kappa shape index (κ1) is 10.8. The standard InChI is InChI=1S/C12H22O/c1-2-13-11-7-3-4-8-12-9-5-6-10-12/h9H,2-8,10-11H2,1H3. The maximum Gasteiger partial charge on any atom is 0.0465 e. The highest BCUT2D eigenvalue weighted by molar-refractivity contribution is 5.06. The largest absolute Gasteiger partial charge is 0.382 e. The Labute approximate surface area is 82.2 Å². The predicted octanol–water partition coefficient (Wildman–Crippen LogP) is 3.69. The van der Waals surface area contributed by atoms with Gasteiger partial charge < -0.3 is 4.74 Å². The third-order valence-corrected chi connectivity index (χ3v) is 2.63. The quantitative estimate of drug-likeness (QED) is 0.431. The van der Waals surface area contributed by atoms with Crippen molar-refractivity contribution in [3.8, 4) is 0 Å². The van der Waals surface area contributed by atoms with Crippen LogP contribution in [-0.2, 0) is 4.74 Å². The summed E-state index contributed by atoms with van der Waals surface area (Å²) in [6.45, 7) is 3.88. The first-order valence-electron chi connectivity index (χ1n) is 5.69. The number of allylic oxidation sites excluding steroid dienone is 2. The van der Waals surface area contributed by atoms with Crippen molar-refractivity contribution in [1.29, 1.82) is 0 Å². The van der Waals surface area contributed by atoms with Gasteiger partial charge in [0.1, 0.15) is 0 Å². The molecule has 0 atom stereocenters. The SMILES string of the molecule is CCOCCCCCC1=CCCC1. The topological polar surface area (TPSA) is 9.23 Å². The van der Waals surface area contributed by atoms with E-state index in [4.69, 9.17) is 4.74 Å². The van der Waals surface area contributed by atoms with Crippen molar-refractivity contribution in [1.82, 2.24) is 0 Å². The zero-order valence-electron chi connectivity index (χ0n) is 8.85. The summed E-state index contributed by atoms with van der Waals surface area (Å²) >= 11 is 0. The van der Waals surface area contributed by atoms with Crippen LogP contribution in [0.25, 0.3) is 0 Å². The van der Waals surface area contributed by atoms with Gasteiger partial charge in [0.25, 0.3) is 0 Å². The fourth-order valence-electron chi connectivity index (χ4n) is 1.84. The molecule has 0 saturated heterocycles. The summed E-state index contributed by atoms with van der Waals surface area (Å²) in [6.07, 6.45) is 11.8. The molecular formula is C12H22O. The van der Waals surface area contributed by atoms with E-state index in [0.29, 0.717) is 0 Å². The lowest BCUT2D eigenvalue weighted by molar-refractivity contribution is 0.143. The van der Waals surface area contributed by atoms with Crippen molar-refractivity contribution >= 4 is 0 Å². The maximum atomic E-state index is 5.29. The second-order valence-electron chi connectivity index (χ2n) is 3.76. The third kappa shape index (κ3) is 5.09. The highest BCUT2D eigenvalue weighted by Gasteiger charge is 2.03. The van der Waals surface area contributed by atoms with Gasteiger partial charge in [-0.25, -0.2) is 0 Å².